The van der Waals surface area contributed by atoms with E-state index < -0.39 is 0 Å². The fraction of sp³-hybridized carbons (Fsp3) is 0.312. The number of nitrogens with one attached hydrogen (secondary N) is 2. The van der Waals surface area contributed by atoms with Crippen LogP contribution >= 0.6 is 11.6 Å². The van der Waals surface area contributed by atoms with E-state index >= 15 is 0 Å². The number of anilines is 2. The zero-order valence-electron chi connectivity index (χ0n) is 12.9. The van der Waals surface area contributed by atoms with E-state index in [1.165, 1.54) is 0 Å². The van der Waals surface area contributed by atoms with E-state index in [0.717, 1.165) is 17.7 Å². The lowest BCUT2D eigenvalue weighted by molar-refractivity contribution is 0.0934. The van der Waals surface area contributed by atoms with Crippen LogP contribution in [0.1, 0.15) is 36.3 Å². The summed E-state index contributed by atoms with van der Waals surface area (Å²) in [5.74, 6) is 0.176. The van der Waals surface area contributed by atoms with Crippen LogP contribution in [-0.4, -0.2) is 21.9 Å². The van der Waals surface area contributed by atoms with Crippen LogP contribution in [0, 0.1) is 6.92 Å². The quantitative estimate of drug-likeness (QED) is 0.882. The van der Waals surface area contributed by atoms with Gasteiger partial charge >= 0.3 is 0 Å². The Balaban J connectivity index is 2.16. The van der Waals surface area contributed by atoms with Gasteiger partial charge in [-0.25, -0.2) is 9.97 Å². The second kappa shape index (κ2) is 7.22. The maximum Gasteiger partial charge on any atom is 0.270 e. The molecular formula is C16H19ClN4O. The van der Waals surface area contributed by atoms with Crippen LogP contribution in [0.2, 0.25) is 5.02 Å². The molecule has 0 aliphatic heterocycles. The number of benzene rings is 1. The Hall–Kier alpha value is -2.14. The summed E-state index contributed by atoms with van der Waals surface area (Å²) in [5.41, 5.74) is 2.17. The van der Waals surface area contributed by atoms with Crippen molar-refractivity contribution >= 4 is 29.1 Å². The van der Waals surface area contributed by atoms with Crippen molar-refractivity contribution in [3.05, 3.63) is 46.7 Å². The summed E-state index contributed by atoms with van der Waals surface area (Å²) < 4.78 is 0. The van der Waals surface area contributed by atoms with Crippen molar-refractivity contribution in [2.75, 3.05) is 5.32 Å². The number of carbonyl (C=O) groups is 1. The minimum Gasteiger partial charge on any atom is -0.348 e. The van der Waals surface area contributed by atoms with E-state index in [2.05, 4.69) is 20.6 Å². The van der Waals surface area contributed by atoms with Crippen LogP contribution in [0.4, 0.5) is 11.6 Å². The maximum atomic E-state index is 12.1. The molecule has 22 heavy (non-hydrogen) atoms. The fourth-order valence-electron chi connectivity index (χ4n) is 1.83. The third-order valence-corrected chi connectivity index (χ3v) is 3.55. The number of aromatic nitrogens is 2. The zero-order chi connectivity index (χ0) is 16.1. The number of aryl methyl sites for hydroxylation is 1. The normalized spacial score (nSPS) is 11.8. The predicted molar refractivity (Wildman–Crippen MR) is 88.7 cm³/mol. The molecule has 1 aromatic carbocycles. The molecule has 0 fully saturated rings. The molecule has 0 aliphatic rings. The van der Waals surface area contributed by atoms with Crippen molar-refractivity contribution in [2.45, 2.75) is 33.2 Å². The van der Waals surface area contributed by atoms with Crippen LogP contribution in [-0.2, 0) is 0 Å². The summed E-state index contributed by atoms with van der Waals surface area (Å²) in [6, 6.07) is 7.20. The fourth-order valence-corrected chi connectivity index (χ4v) is 2.06. The SMILES string of the molecule is CCC(C)NC(=O)c1ccnc(Nc2ccc(Cl)cc2C)n1. The Labute approximate surface area is 135 Å². The molecule has 0 saturated carbocycles. The van der Waals surface area contributed by atoms with Gasteiger partial charge in [-0.3, -0.25) is 4.79 Å². The molecule has 2 N–H and O–H groups in total. The predicted octanol–water partition coefficient (Wildman–Crippen LogP) is 3.71. The summed E-state index contributed by atoms with van der Waals surface area (Å²) >= 11 is 5.94. The second-order valence-electron chi connectivity index (χ2n) is 5.13. The molecule has 116 valence electrons. The molecule has 0 radical (unpaired) electrons. The first kappa shape index (κ1) is 16.2. The number of nitrogens with zero attached hydrogens (tertiary/aromatic N) is 2. The maximum absolute atomic E-state index is 12.1. The average Bonchev–Trinajstić information content (AvgIpc) is 2.50. The number of carbonyl (C=O) groups excluding carboxylic acids is 1. The molecule has 2 rings (SSSR count). The van der Waals surface area contributed by atoms with Crippen LogP contribution in [0.3, 0.4) is 0 Å². The van der Waals surface area contributed by atoms with Crippen molar-refractivity contribution in [3.8, 4) is 0 Å². The van der Waals surface area contributed by atoms with Gasteiger partial charge in [0.1, 0.15) is 5.69 Å². The molecule has 1 unspecified atom stereocenters. The minimum absolute atomic E-state index is 0.109. The van der Waals surface area contributed by atoms with Gasteiger partial charge in [-0.2, -0.15) is 0 Å². The molecular weight excluding hydrogens is 300 g/mol. The van der Waals surface area contributed by atoms with Crippen LogP contribution in [0.15, 0.2) is 30.5 Å². The van der Waals surface area contributed by atoms with E-state index in [9.17, 15) is 4.79 Å². The molecule has 5 nitrogen and oxygen atoms in total. The first-order chi connectivity index (χ1) is 10.5. The van der Waals surface area contributed by atoms with Gasteiger partial charge < -0.3 is 10.6 Å². The van der Waals surface area contributed by atoms with E-state index in [1.807, 2.05) is 32.9 Å². The van der Waals surface area contributed by atoms with Gasteiger partial charge in [0.25, 0.3) is 5.91 Å². The lowest BCUT2D eigenvalue weighted by Crippen LogP contribution is -2.32. The third-order valence-electron chi connectivity index (χ3n) is 3.31. The number of halogens is 1. The lowest BCUT2D eigenvalue weighted by atomic mass is 10.2. The Morgan fingerprint density at radius 1 is 1.36 bits per heavy atom. The molecule has 6 heteroatoms. The van der Waals surface area contributed by atoms with E-state index in [0.29, 0.717) is 16.7 Å². The Morgan fingerprint density at radius 3 is 2.82 bits per heavy atom. The van der Waals surface area contributed by atoms with Crippen molar-refractivity contribution < 1.29 is 4.79 Å². The molecule has 1 amide bonds. The molecule has 0 saturated heterocycles. The molecule has 1 aromatic heterocycles. The van der Waals surface area contributed by atoms with Crippen LogP contribution in [0.5, 0.6) is 0 Å². The van der Waals surface area contributed by atoms with E-state index in [-0.39, 0.29) is 11.9 Å². The summed E-state index contributed by atoms with van der Waals surface area (Å²) in [7, 11) is 0. The lowest BCUT2D eigenvalue weighted by Gasteiger charge is -2.12. The molecule has 0 bridgehead atoms. The van der Waals surface area contributed by atoms with Gasteiger partial charge in [-0.05, 0) is 50.1 Å². The summed E-state index contributed by atoms with van der Waals surface area (Å²) in [4.78, 5) is 20.5. The topological polar surface area (TPSA) is 66.9 Å². The van der Waals surface area contributed by atoms with Gasteiger partial charge in [0, 0.05) is 22.9 Å². The molecule has 2 aromatic rings. The van der Waals surface area contributed by atoms with E-state index in [1.54, 1.807) is 18.3 Å². The Bertz CT molecular complexity index is 675. The number of hydrogen-bond donors (Lipinski definition) is 2. The van der Waals surface area contributed by atoms with Gasteiger partial charge in [-0.1, -0.05) is 18.5 Å². The van der Waals surface area contributed by atoms with Crippen molar-refractivity contribution in [2.24, 2.45) is 0 Å². The average molecular weight is 319 g/mol. The number of amides is 1. The zero-order valence-corrected chi connectivity index (χ0v) is 13.6. The van der Waals surface area contributed by atoms with Gasteiger partial charge in [0.2, 0.25) is 5.95 Å². The van der Waals surface area contributed by atoms with Crippen LogP contribution < -0.4 is 10.6 Å². The summed E-state index contributed by atoms with van der Waals surface area (Å²) in [5, 5.41) is 6.65. The first-order valence-corrected chi connectivity index (χ1v) is 7.54. The third kappa shape index (κ3) is 4.18. The molecule has 0 spiro atoms. The van der Waals surface area contributed by atoms with Crippen molar-refractivity contribution in [3.63, 3.8) is 0 Å². The smallest absolute Gasteiger partial charge is 0.270 e. The highest BCUT2D eigenvalue weighted by Crippen LogP contribution is 2.21. The van der Waals surface area contributed by atoms with Gasteiger partial charge in [0.05, 0.1) is 0 Å². The first-order valence-electron chi connectivity index (χ1n) is 7.16. The highest BCUT2D eigenvalue weighted by atomic mass is 35.5. The molecule has 1 atom stereocenters. The largest absolute Gasteiger partial charge is 0.348 e. The van der Waals surface area contributed by atoms with Crippen LogP contribution in [0.25, 0.3) is 0 Å². The highest BCUT2D eigenvalue weighted by Gasteiger charge is 2.11. The Kier molecular flexibility index (Phi) is 5.33. The van der Waals surface area contributed by atoms with Crippen molar-refractivity contribution in [1.29, 1.82) is 0 Å². The monoisotopic (exact) mass is 318 g/mol. The number of rotatable bonds is 5. The summed E-state index contributed by atoms with van der Waals surface area (Å²) in [6.07, 6.45) is 2.43. The van der Waals surface area contributed by atoms with Gasteiger partial charge in [-0.15, -0.1) is 0 Å². The highest BCUT2D eigenvalue weighted by molar-refractivity contribution is 6.30. The van der Waals surface area contributed by atoms with E-state index in [4.69, 9.17) is 11.6 Å². The standard InChI is InChI=1S/C16H19ClN4O/c1-4-11(3)19-15(22)14-7-8-18-16(21-14)20-13-6-5-12(17)9-10(13)2/h5-9,11H,4H2,1-3H3,(H,19,22)(H,18,20,21). The second-order valence-corrected chi connectivity index (χ2v) is 5.57. The van der Waals surface area contributed by atoms with Crippen molar-refractivity contribution in [1.82, 2.24) is 15.3 Å². The van der Waals surface area contributed by atoms with Gasteiger partial charge in [0.15, 0.2) is 0 Å². The summed E-state index contributed by atoms with van der Waals surface area (Å²) in [6.45, 7) is 5.91. The number of hydrogen-bond acceptors (Lipinski definition) is 4. The minimum atomic E-state index is -0.201. The Morgan fingerprint density at radius 2 is 2.14 bits per heavy atom. The molecule has 1 heterocycles. The molecule has 0 aliphatic carbocycles.